The van der Waals surface area contributed by atoms with Crippen LogP contribution in [-0.2, 0) is 9.53 Å². The molecular formula is C22H26BrN3O5. The topological polar surface area (TPSA) is 89.1 Å². The predicted octanol–water partition coefficient (Wildman–Crippen LogP) is 3.38. The van der Waals surface area contributed by atoms with Crippen molar-refractivity contribution in [3.63, 3.8) is 0 Å². The van der Waals surface area contributed by atoms with Crippen LogP contribution in [0.2, 0.25) is 0 Å². The van der Waals surface area contributed by atoms with Crippen molar-refractivity contribution in [1.82, 2.24) is 4.90 Å². The molecule has 1 fully saturated rings. The molecule has 8 nitrogen and oxygen atoms in total. The minimum atomic E-state index is -0.286. The fraction of sp³-hybridized carbons (Fsp3) is 0.364. The summed E-state index contributed by atoms with van der Waals surface area (Å²) in [7, 11) is 1.53. The number of halogens is 1. The molecule has 0 spiro atoms. The van der Waals surface area contributed by atoms with E-state index in [1.807, 2.05) is 6.92 Å². The van der Waals surface area contributed by atoms with E-state index in [0.29, 0.717) is 59.3 Å². The number of benzene rings is 2. The summed E-state index contributed by atoms with van der Waals surface area (Å²) in [6.07, 6.45) is 0. The number of nitrogens with one attached hydrogen (secondary N) is 2. The third kappa shape index (κ3) is 6.43. The Kier molecular flexibility index (Phi) is 8.27. The maximum absolute atomic E-state index is 12.7. The fourth-order valence-corrected chi connectivity index (χ4v) is 3.69. The van der Waals surface area contributed by atoms with Crippen molar-refractivity contribution >= 4 is 39.1 Å². The van der Waals surface area contributed by atoms with Crippen LogP contribution in [0.3, 0.4) is 0 Å². The van der Waals surface area contributed by atoms with E-state index in [9.17, 15) is 9.59 Å². The first-order valence-electron chi connectivity index (χ1n) is 10.0. The molecule has 2 amide bonds. The lowest BCUT2D eigenvalue weighted by Crippen LogP contribution is -2.41. The Labute approximate surface area is 190 Å². The second-order valence-electron chi connectivity index (χ2n) is 6.89. The maximum Gasteiger partial charge on any atom is 0.255 e. The van der Waals surface area contributed by atoms with E-state index >= 15 is 0 Å². The molecule has 2 aromatic rings. The molecule has 9 heteroatoms. The van der Waals surface area contributed by atoms with Crippen molar-refractivity contribution in [1.29, 1.82) is 0 Å². The third-order valence-corrected chi connectivity index (χ3v) is 5.27. The second-order valence-corrected chi connectivity index (χ2v) is 7.74. The zero-order valence-corrected chi connectivity index (χ0v) is 19.2. The number of hydrogen-bond acceptors (Lipinski definition) is 6. The van der Waals surface area contributed by atoms with Gasteiger partial charge in [0.25, 0.3) is 5.91 Å². The first kappa shape index (κ1) is 23.1. The van der Waals surface area contributed by atoms with Crippen molar-refractivity contribution in [2.24, 2.45) is 0 Å². The van der Waals surface area contributed by atoms with Crippen LogP contribution in [0, 0.1) is 0 Å². The van der Waals surface area contributed by atoms with Crippen LogP contribution in [0.25, 0.3) is 0 Å². The molecule has 2 aromatic carbocycles. The highest BCUT2D eigenvalue weighted by Gasteiger charge is 2.16. The first-order chi connectivity index (χ1) is 15.0. The van der Waals surface area contributed by atoms with Gasteiger partial charge < -0.3 is 24.8 Å². The lowest BCUT2D eigenvalue weighted by molar-refractivity contribution is -0.118. The van der Waals surface area contributed by atoms with Crippen LogP contribution in [0.1, 0.15) is 17.3 Å². The second kappa shape index (κ2) is 11.1. The van der Waals surface area contributed by atoms with E-state index in [1.54, 1.807) is 36.4 Å². The van der Waals surface area contributed by atoms with Gasteiger partial charge in [-0.15, -0.1) is 0 Å². The standard InChI is InChI=1S/C22H26BrN3O5/c1-3-31-21-18(23)12-15(13-19(21)29-2)22(28)25-17-6-4-16(5-7-17)24-20(27)14-26-8-10-30-11-9-26/h4-7,12-13H,3,8-11,14H2,1-2H3,(H,24,27)(H,25,28). The van der Waals surface area contributed by atoms with Gasteiger partial charge in [0, 0.05) is 30.0 Å². The van der Waals surface area contributed by atoms with Gasteiger partial charge in [-0.3, -0.25) is 14.5 Å². The van der Waals surface area contributed by atoms with Crippen LogP contribution in [0.5, 0.6) is 11.5 Å². The van der Waals surface area contributed by atoms with Gasteiger partial charge in [-0.2, -0.15) is 0 Å². The molecule has 166 valence electrons. The Balaban J connectivity index is 1.59. The molecule has 0 bridgehead atoms. The van der Waals surface area contributed by atoms with Gasteiger partial charge in [-0.1, -0.05) is 0 Å². The largest absolute Gasteiger partial charge is 0.493 e. The minimum Gasteiger partial charge on any atom is -0.493 e. The van der Waals surface area contributed by atoms with Gasteiger partial charge in [0.2, 0.25) is 5.91 Å². The molecule has 0 unspecified atom stereocenters. The van der Waals surface area contributed by atoms with Crippen molar-refractivity contribution in [3.8, 4) is 11.5 Å². The summed E-state index contributed by atoms with van der Waals surface area (Å²) in [5, 5.41) is 5.71. The average molecular weight is 492 g/mol. The van der Waals surface area contributed by atoms with Crippen molar-refractivity contribution in [2.45, 2.75) is 6.92 Å². The number of methoxy groups -OCH3 is 1. The highest BCUT2D eigenvalue weighted by atomic mass is 79.9. The summed E-state index contributed by atoms with van der Waals surface area (Å²) in [5.41, 5.74) is 1.71. The normalized spacial score (nSPS) is 14.0. The maximum atomic E-state index is 12.7. The van der Waals surface area contributed by atoms with Crippen LogP contribution in [-0.4, -0.2) is 63.3 Å². The number of hydrogen-bond donors (Lipinski definition) is 2. The smallest absolute Gasteiger partial charge is 0.255 e. The quantitative estimate of drug-likeness (QED) is 0.588. The van der Waals surface area contributed by atoms with E-state index in [0.717, 1.165) is 13.1 Å². The number of rotatable bonds is 8. The summed E-state index contributed by atoms with van der Waals surface area (Å²) < 4.78 is 16.8. The fourth-order valence-electron chi connectivity index (χ4n) is 3.14. The van der Waals surface area contributed by atoms with Gasteiger partial charge in [0.1, 0.15) is 0 Å². The first-order valence-corrected chi connectivity index (χ1v) is 10.8. The zero-order valence-electron chi connectivity index (χ0n) is 17.6. The summed E-state index contributed by atoms with van der Waals surface area (Å²) in [4.78, 5) is 26.9. The molecule has 0 aromatic heterocycles. The van der Waals surface area contributed by atoms with Crippen molar-refractivity contribution in [2.75, 3.05) is 57.2 Å². The summed E-state index contributed by atoms with van der Waals surface area (Å²) >= 11 is 3.43. The van der Waals surface area contributed by atoms with E-state index < -0.39 is 0 Å². The number of anilines is 2. The van der Waals surface area contributed by atoms with Crippen LogP contribution < -0.4 is 20.1 Å². The Hall–Kier alpha value is -2.62. The molecule has 0 atom stereocenters. The lowest BCUT2D eigenvalue weighted by Gasteiger charge is -2.25. The monoisotopic (exact) mass is 491 g/mol. The predicted molar refractivity (Wildman–Crippen MR) is 122 cm³/mol. The third-order valence-electron chi connectivity index (χ3n) is 4.68. The van der Waals surface area contributed by atoms with E-state index in [1.165, 1.54) is 7.11 Å². The Morgan fingerprint density at radius 3 is 2.35 bits per heavy atom. The number of carbonyl (C=O) groups is 2. The zero-order chi connectivity index (χ0) is 22.2. The SMILES string of the molecule is CCOc1c(Br)cc(C(=O)Nc2ccc(NC(=O)CN3CCOCC3)cc2)cc1OC. The molecule has 0 aliphatic carbocycles. The van der Waals surface area contributed by atoms with Crippen LogP contribution >= 0.6 is 15.9 Å². The molecule has 1 heterocycles. The summed E-state index contributed by atoms with van der Waals surface area (Å²) in [6.45, 7) is 5.50. The van der Waals surface area contributed by atoms with Crippen LogP contribution in [0.15, 0.2) is 40.9 Å². The molecule has 1 aliphatic rings. The average Bonchev–Trinajstić information content (AvgIpc) is 2.77. The molecule has 0 radical (unpaired) electrons. The number of ether oxygens (including phenoxy) is 3. The summed E-state index contributed by atoms with van der Waals surface area (Å²) in [6, 6.07) is 10.3. The van der Waals surface area contributed by atoms with Gasteiger partial charge >= 0.3 is 0 Å². The van der Waals surface area contributed by atoms with E-state index in [-0.39, 0.29) is 11.8 Å². The van der Waals surface area contributed by atoms with Crippen molar-refractivity contribution < 1.29 is 23.8 Å². The number of nitrogens with zero attached hydrogens (tertiary/aromatic N) is 1. The molecule has 1 aliphatic heterocycles. The number of amides is 2. The van der Waals surface area contributed by atoms with Gasteiger partial charge in [0.15, 0.2) is 11.5 Å². The highest BCUT2D eigenvalue weighted by Crippen LogP contribution is 2.36. The minimum absolute atomic E-state index is 0.0787. The molecule has 1 saturated heterocycles. The van der Waals surface area contributed by atoms with Gasteiger partial charge in [0.05, 0.1) is 37.9 Å². The number of carbonyl (C=O) groups excluding carboxylic acids is 2. The van der Waals surface area contributed by atoms with E-state index in [2.05, 4.69) is 31.5 Å². The molecule has 0 saturated carbocycles. The van der Waals surface area contributed by atoms with Crippen LogP contribution in [0.4, 0.5) is 11.4 Å². The Morgan fingerprint density at radius 2 is 1.74 bits per heavy atom. The molecule has 2 N–H and O–H groups in total. The van der Waals surface area contributed by atoms with Gasteiger partial charge in [-0.25, -0.2) is 0 Å². The van der Waals surface area contributed by atoms with Crippen molar-refractivity contribution in [3.05, 3.63) is 46.4 Å². The highest BCUT2D eigenvalue weighted by molar-refractivity contribution is 9.10. The molecule has 3 rings (SSSR count). The Morgan fingerprint density at radius 1 is 1.10 bits per heavy atom. The van der Waals surface area contributed by atoms with Gasteiger partial charge in [-0.05, 0) is 59.3 Å². The number of morpholine rings is 1. The Bertz CT molecular complexity index is 914. The molecule has 31 heavy (non-hydrogen) atoms. The lowest BCUT2D eigenvalue weighted by atomic mass is 10.1. The summed E-state index contributed by atoms with van der Waals surface area (Å²) in [5.74, 6) is 0.662. The van der Waals surface area contributed by atoms with E-state index in [4.69, 9.17) is 14.2 Å². The molecular weight excluding hydrogens is 466 g/mol.